The summed E-state index contributed by atoms with van der Waals surface area (Å²) in [5, 5.41) is 11.6. The van der Waals surface area contributed by atoms with Crippen molar-refractivity contribution in [2.45, 2.75) is 0 Å². The molecule has 2 N–H and O–H groups in total. The van der Waals surface area contributed by atoms with Gasteiger partial charge in [0, 0.05) is 18.6 Å². The zero-order chi connectivity index (χ0) is 13.8. The number of aromatic nitrogens is 3. The van der Waals surface area contributed by atoms with Crippen molar-refractivity contribution in [2.24, 2.45) is 0 Å². The number of nitrogens with zero attached hydrogens (tertiary/aromatic N) is 3. The predicted octanol–water partition coefficient (Wildman–Crippen LogP) is 1.48. The van der Waals surface area contributed by atoms with Crippen molar-refractivity contribution >= 4 is 29.3 Å². The van der Waals surface area contributed by atoms with Gasteiger partial charge in [0.05, 0.1) is 5.02 Å². The molecule has 0 fully saturated rings. The molecule has 19 heavy (non-hydrogen) atoms. The summed E-state index contributed by atoms with van der Waals surface area (Å²) in [6.07, 6.45) is 3.81. The minimum Gasteiger partial charge on any atom is -0.476 e. The maximum atomic E-state index is 11.8. The van der Waals surface area contributed by atoms with Gasteiger partial charge in [-0.1, -0.05) is 11.6 Å². The quantitative estimate of drug-likeness (QED) is 0.881. The van der Waals surface area contributed by atoms with Crippen molar-refractivity contribution in [1.29, 1.82) is 0 Å². The molecule has 0 aliphatic carbocycles. The number of amides is 1. The van der Waals surface area contributed by atoms with Gasteiger partial charge >= 0.3 is 5.97 Å². The molecule has 0 radical (unpaired) electrons. The third kappa shape index (κ3) is 3.02. The molecule has 0 spiro atoms. The molecule has 0 aliphatic rings. The molecule has 0 atom stereocenters. The fourth-order valence-electron chi connectivity index (χ4n) is 1.27. The number of carbonyl (C=O) groups excluding carboxylic acids is 1. The number of carbonyl (C=O) groups is 2. The Morgan fingerprint density at radius 1 is 1.16 bits per heavy atom. The Balaban J connectivity index is 2.24. The van der Waals surface area contributed by atoms with E-state index in [0.29, 0.717) is 5.02 Å². The molecule has 0 aliphatic heterocycles. The van der Waals surface area contributed by atoms with Gasteiger partial charge in [0.25, 0.3) is 5.91 Å². The molecule has 96 valence electrons. The highest BCUT2D eigenvalue weighted by Gasteiger charge is 2.16. The van der Waals surface area contributed by atoms with Crippen LogP contribution in [0.25, 0.3) is 0 Å². The van der Waals surface area contributed by atoms with E-state index in [4.69, 9.17) is 16.7 Å². The van der Waals surface area contributed by atoms with Gasteiger partial charge in [0.2, 0.25) is 0 Å². The first-order valence-electron chi connectivity index (χ1n) is 5.05. The summed E-state index contributed by atoms with van der Waals surface area (Å²) in [6, 6.07) is 2.91. The highest BCUT2D eigenvalue weighted by atomic mass is 35.5. The van der Waals surface area contributed by atoms with E-state index in [9.17, 15) is 9.59 Å². The zero-order valence-corrected chi connectivity index (χ0v) is 10.1. The van der Waals surface area contributed by atoms with Crippen LogP contribution in [-0.4, -0.2) is 31.9 Å². The second-order valence-corrected chi connectivity index (χ2v) is 3.81. The lowest BCUT2D eigenvalue weighted by atomic mass is 10.3. The number of aromatic carboxylic acids is 1. The largest absolute Gasteiger partial charge is 0.476 e. The summed E-state index contributed by atoms with van der Waals surface area (Å²) >= 11 is 5.65. The Morgan fingerprint density at radius 3 is 2.53 bits per heavy atom. The van der Waals surface area contributed by atoms with Crippen LogP contribution in [0.1, 0.15) is 21.0 Å². The predicted molar refractivity (Wildman–Crippen MR) is 66.2 cm³/mol. The van der Waals surface area contributed by atoms with Crippen LogP contribution in [0.5, 0.6) is 0 Å². The van der Waals surface area contributed by atoms with E-state index < -0.39 is 11.9 Å². The number of nitrogens with one attached hydrogen (secondary N) is 1. The molecule has 7 nitrogen and oxygen atoms in total. The van der Waals surface area contributed by atoms with Crippen LogP contribution < -0.4 is 5.32 Å². The number of hydrogen-bond acceptors (Lipinski definition) is 5. The number of halogens is 1. The molecule has 0 bridgehead atoms. The van der Waals surface area contributed by atoms with Crippen molar-refractivity contribution < 1.29 is 14.7 Å². The fourth-order valence-corrected chi connectivity index (χ4v) is 1.38. The Morgan fingerprint density at radius 2 is 1.89 bits per heavy atom. The van der Waals surface area contributed by atoms with Crippen molar-refractivity contribution in [3.8, 4) is 0 Å². The molecular formula is C11H7ClN4O3. The second-order valence-electron chi connectivity index (χ2n) is 3.37. The third-order valence-corrected chi connectivity index (χ3v) is 2.32. The number of pyridine rings is 1. The topological polar surface area (TPSA) is 105 Å². The van der Waals surface area contributed by atoms with Crippen LogP contribution in [-0.2, 0) is 0 Å². The van der Waals surface area contributed by atoms with Crippen LogP contribution in [0.3, 0.4) is 0 Å². The van der Waals surface area contributed by atoms with Gasteiger partial charge in [-0.25, -0.2) is 19.7 Å². The number of carboxylic acid groups (broad SMARTS) is 1. The van der Waals surface area contributed by atoms with E-state index in [1.54, 1.807) is 0 Å². The van der Waals surface area contributed by atoms with Gasteiger partial charge in [-0.05, 0) is 12.1 Å². The molecule has 1 amide bonds. The molecule has 2 rings (SSSR count). The lowest BCUT2D eigenvalue weighted by molar-refractivity contribution is 0.0691. The van der Waals surface area contributed by atoms with Crippen LogP contribution in [0.2, 0.25) is 5.02 Å². The summed E-state index contributed by atoms with van der Waals surface area (Å²) in [6.45, 7) is 0. The Labute approximate surface area is 112 Å². The van der Waals surface area contributed by atoms with Gasteiger partial charge in [0.1, 0.15) is 5.69 Å². The Bertz CT molecular complexity index is 630. The number of rotatable bonds is 3. The maximum absolute atomic E-state index is 11.8. The van der Waals surface area contributed by atoms with Crippen LogP contribution >= 0.6 is 11.6 Å². The number of carboxylic acids is 1. The molecule has 0 saturated heterocycles. The second kappa shape index (κ2) is 5.40. The summed E-state index contributed by atoms with van der Waals surface area (Å²) in [5.41, 5.74) is -0.254. The van der Waals surface area contributed by atoms with E-state index in [0.717, 1.165) is 0 Å². The lowest BCUT2D eigenvalue weighted by Crippen LogP contribution is -2.18. The zero-order valence-electron chi connectivity index (χ0n) is 9.37. The molecular weight excluding hydrogens is 272 g/mol. The lowest BCUT2D eigenvalue weighted by Gasteiger charge is -2.05. The van der Waals surface area contributed by atoms with E-state index in [1.165, 1.54) is 30.7 Å². The smallest absolute Gasteiger partial charge is 0.358 e. The first-order valence-corrected chi connectivity index (χ1v) is 5.43. The molecule has 0 saturated carbocycles. The van der Waals surface area contributed by atoms with Crippen LogP contribution in [0.4, 0.5) is 5.82 Å². The van der Waals surface area contributed by atoms with Gasteiger partial charge in [-0.3, -0.25) is 4.79 Å². The van der Waals surface area contributed by atoms with E-state index >= 15 is 0 Å². The van der Waals surface area contributed by atoms with Crippen molar-refractivity contribution in [2.75, 3.05) is 5.32 Å². The van der Waals surface area contributed by atoms with Gasteiger partial charge in [-0.15, -0.1) is 0 Å². The summed E-state index contributed by atoms with van der Waals surface area (Å²) < 4.78 is 0. The van der Waals surface area contributed by atoms with E-state index in [2.05, 4.69) is 20.3 Å². The first kappa shape index (κ1) is 12.9. The minimum atomic E-state index is -1.28. The Kier molecular flexibility index (Phi) is 3.67. The first-order chi connectivity index (χ1) is 9.08. The molecule has 0 unspecified atom stereocenters. The summed E-state index contributed by atoms with van der Waals surface area (Å²) in [7, 11) is 0. The summed E-state index contributed by atoms with van der Waals surface area (Å²) in [4.78, 5) is 33.9. The van der Waals surface area contributed by atoms with Crippen molar-refractivity contribution in [3.05, 3.63) is 47.1 Å². The number of hydrogen-bond donors (Lipinski definition) is 2. The fraction of sp³-hybridized carbons (Fsp3) is 0. The van der Waals surface area contributed by atoms with Gasteiger partial charge in [-0.2, -0.15) is 0 Å². The van der Waals surface area contributed by atoms with Crippen LogP contribution in [0.15, 0.2) is 30.7 Å². The van der Waals surface area contributed by atoms with E-state index in [1.807, 2.05) is 0 Å². The molecule has 0 aromatic carbocycles. The maximum Gasteiger partial charge on any atom is 0.358 e. The normalized spacial score (nSPS) is 9.95. The monoisotopic (exact) mass is 278 g/mol. The van der Waals surface area contributed by atoms with Crippen LogP contribution in [0, 0.1) is 0 Å². The standard InChI is InChI=1S/C11H7ClN4O3/c12-6-1-2-7(15-5-6)10(17)16-9-8(11(18)19)13-3-4-14-9/h1-5H,(H,18,19)(H,14,16,17). The highest BCUT2D eigenvalue weighted by Crippen LogP contribution is 2.11. The average Bonchev–Trinajstić information content (AvgIpc) is 2.39. The number of anilines is 1. The molecule has 8 heteroatoms. The van der Waals surface area contributed by atoms with Crippen molar-refractivity contribution in [1.82, 2.24) is 15.0 Å². The average molecular weight is 279 g/mol. The summed E-state index contributed by atoms with van der Waals surface area (Å²) in [5.74, 6) is -2.02. The minimum absolute atomic E-state index is 0.0893. The highest BCUT2D eigenvalue weighted by molar-refractivity contribution is 6.30. The molecule has 2 heterocycles. The van der Waals surface area contributed by atoms with Gasteiger partial charge in [0.15, 0.2) is 11.5 Å². The van der Waals surface area contributed by atoms with Crippen molar-refractivity contribution in [3.63, 3.8) is 0 Å². The van der Waals surface area contributed by atoms with Gasteiger partial charge < -0.3 is 10.4 Å². The van der Waals surface area contributed by atoms with E-state index in [-0.39, 0.29) is 17.2 Å². The molecule has 2 aromatic heterocycles. The SMILES string of the molecule is O=C(Nc1nccnc1C(=O)O)c1ccc(Cl)cn1. The molecule has 2 aromatic rings. The Hall–Kier alpha value is -2.54. The third-order valence-electron chi connectivity index (χ3n) is 2.09.